The van der Waals surface area contributed by atoms with Crippen molar-refractivity contribution in [2.24, 2.45) is 7.05 Å². The summed E-state index contributed by atoms with van der Waals surface area (Å²) < 4.78 is 6.91. The number of aryl methyl sites for hydroxylation is 2. The highest BCUT2D eigenvalue weighted by Crippen LogP contribution is 2.01. The molecule has 0 radical (unpaired) electrons. The number of rotatable bonds is 7. The number of ketones is 1. The molecule has 0 bridgehead atoms. The first kappa shape index (κ1) is 11.9. The van der Waals surface area contributed by atoms with E-state index < -0.39 is 0 Å². The minimum absolute atomic E-state index is 0.160. The first-order valence-corrected chi connectivity index (χ1v) is 5.29. The van der Waals surface area contributed by atoms with Gasteiger partial charge >= 0.3 is 0 Å². The van der Waals surface area contributed by atoms with E-state index in [4.69, 9.17) is 4.74 Å². The summed E-state index contributed by atoms with van der Waals surface area (Å²) in [7, 11) is 1.87. The van der Waals surface area contributed by atoms with E-state index in [2.05, 4.69) is 5.10 Å². The van der Waals surface area contributed by atoms with Gasteiger partial charge in [-0.2, -0.15) is 5.10 Å². The van der Waals surface area contributed by atoms with Crippen molar-refractivity contribution in [2.75, 3.05) is 13.2 Å². The summed E-state index contributed by atoms with van der Waals surface area (Å²) in [5, 5.41) is 4.04. The lowest BCUT2D eigenvalue weighted by Crippen LogP contribution is -2.09. The molecule has 4 heteroatoms. The van der Waals surface area contributed by atoms with Gasteiger partial charge in [-0.1, -0.05) is 6.92 Å². The lowest BCUT2D eigenvalue weighted by Gasteiger charge is -2.00. The Hall–Kier alpha value is -1.16. The van der Waals surface area contributed by atoms with E-state index in [1.807, 2.05) is 20.2 Å². The van der Waals surface area contributed by atoms with Gasteiger partial charge in [0.1, 0.15) is 6.61 Å². The molecule has 0 atom stereocenters. The third-order valence-corrected chi connectivity index (χ3v) is 2.06. The molecule has 15 heavy (non-hydrogen) atoms. The molecule has 0 fully saturated rings. The third-order valence-electron chi connectivity index (χ3n) is 2.06. The Morgan fingerprint density at radius 2 is 2.40 bits per heavy atom. The van der Waals surface area contributed by atoms with Crippen molar-refractivity contribution < 1.29 is 9.53 Å². The Balaban J connectivity index is 2.16. The summed E-state index contributed by atoms with van der Waals surface area (Å²) in [5.41, 5.74) is 1.10. The van der Waals surface area contributed by atoms with Crippen molar-refractivity contribution in [2.45, 2.75) is 26.2 Å². The average molecular weight is 210 g/mol. The van der Waals surface area contributed by atoms with Crippen LogP contribution in [0.15, 0.2) is 12.4 Å². The van der Waals surface area contributed by atoms with Gasteiger partial charge in [-0.25, -0.2) is 0 Å². The normalized spacial score (nSPS) is 10.5. The van der Waals surface area contributed by atoms with Crippen molar-refractivity contribution >= 4 is 5.78 Å². The topological polar surface area (TPSA) is 44.1 Å². The van der Waals surface area contributed by atoms with Crippen molar-refractivity contribution in [3.63, 3.8) is 0 Å². The molecule has 0 aromatic carbocycles. The molecule has 84 valence electrons. The molecule has 0 amide bonds. The van der Waals surface area contributed by atoms with Crippen LogP contribution >= 0.6 is 0 Å². The monoisotopic (exact) mass is 210 g/mol. The van der Waals surface area contributed by atoms with Crippen LogP contribution < -0.4 is 0 Å². The second-order valence-corrected chi connectivity index (χ2v) is 3.61. The molecule has 0 saturated carbocycles. The lowest BCUT2D eigenvalue weighted by atomic mass is 10.1. The van der Waals surface area contributed by atoms with Gasteiger partial charge in [0.15, 0.2) is 5.78 Å². The standard InChI is InChI=1S/C11H18N2O2/c1-3-6-15-9-11(14)5-4-10-7-12-13(2)8-10/h7-8H,3-6,9H2,1-2H3. The lowest BCUT2D eigenvalue weighted by molar-refractivity contribution is -0.123. The number of aromatic nitrogens is 2. The number of hydrogen-bond donors (Lipinski definition) is 0. The molecule has 0 unspecified atom stereocenters. The highest BCUT2D eigenvalue weighted by atomic mass is 16.5. The van der Waals surface area contributed by atoms with Crippen LogP contribution in [0, 0.1) is 0 Å². The van der Waals surface area contributed by atoms with Gasteiger partial charge in [-0.3, -0.25) is 9.48 Å². The van der Waals surface area contributed by atoms with Crippen molar-refractivity contribution in [3.05, 3.63) is 18.0 Å². The van der Waals surface area contributed by atoms with E-state index in [0.717, 1.165) is 18.4 Å². The van der Waals surface area contributed by atoms with Crippen molar-refractivity contribution in [1.29, 1.82) is 0 Å². The van der Waals surface area contributed by atoms with Crippen LogP contribution in [0.4, 0.5) is 0 Å². The van der Waals surface area contributed by atoms with Crippen molar-refractivity contribution in [3.8, 4) is 0 Å². The van der Waals surface area contributed by atoms with E-state index in [0.29, 0.717) is 13.0 Å². The SMILES string of the molecule is CCCOCC(=O)CCc1cnn(C)c1. The molecule has 0 aliphatic rings. The maximum Gasteiger partial charge on any atom is 0.158 e. The fraction of sp³-hybridized carbons (Fsp3) is 0.636. The Morgan fingerprint density at radius 1 is 1.60 bits per heavy atom. The van der Waals surface area contributed by atoms with Gasteiger partial charge in [0.05, 0.1) is 6.20 Å². The predicted molar refractivity (Wildman–Crippen MR) is 57.6 cm³/mol. The summed E-state index contributed by atoms with van der Waals surface area (Å²) in [6.45, 7) is 2.94. The minimum atomic E-state index is 0.160. The van der Waals surface area contributed by atoms with Gasteiger partial charge in [-0.05, 0) is 18.4 Å². The van der Waals surface area contributed by atoms with Gasteiger partial charge in [0.25, 0.3) is 0 Å². The molecule has 0 N–H and O–H groups in total. The molecule has 1 aromatic rings. The van der Waals surface area contributed by atoms with Gasteiger partial charge in [0, 0.05) is 26.3 Å². The van der Waals surface area contributed by atoms with E-state index in [1.54, 1.807) is 10.9 Å². The average Bonchev–Trinajstić information content (AvgIpc) is 2.62. The number of ether oxygens (including phenoxy) is 1. The zero-order valence-electron chi connectivity index (χ0n) is 9.40. The first-order chi connectivity index (χ1) is 7.22. The predicted octanol–water partition coefficient (Wildman–Crippen LogP) is 1.35. The molecule has 0 saturated heterocycles. The Kier molecular flexibility index (Phi) is 5.04. The molecule has 0 aliphatic heterocycles. The maximum absolute atomic E-state index is 11.3. The summed E-state index contributed by atoms with van der Waals surface area (Å²) in [6.07, 6.45) is 5.97. The molecule has 0 spiro atoms. The number of hydrogen-bond acceptors (Lipinski definition) is 3. The smallest absolute Gasteiger partial charge is 0.158 e. The van der Waals surface area contributed by atoms with Gasteiger partial charge in [0.2, 0.25) is 0 Å². The number of carbonyl (C=O) groups excluding carboxylic acids is 1. The van der Waals surface area contributed by atoms with Crippen LogP contribution in [0.5, 0.6) is 0 Å². The fourth-order valence-corrected chi connectivity index (χ4v) is 1.29. The molecule has 1 aromatic heterocycles. The van der Waals surface area contributed by atoms with E-state index in [9.17, 15) is 4.79 Å². The highest BCUT2D eigenvalue weighted by Gasteiger charge is 2.03. The maximum atomic E-state index is 11.3. The Labute approximate surface area is 90.2 Å². The molecule has 1 heterocycles. The van der Waals surface area contributed by atoms with Crippen molar-refractivity contribution in [1.82, 2.24) is 9.78 Å². The van der Waals surface area contributed by atoms with Gasteiger partial charge in [-0.15, -0.1) is 0 Å². The molecule has 0 aliphatic carbocycles. The van der Waals surface area contributed by atoms with E-state index in [1.165, 1.54) is 0 Å². The fourth-order valence-electron chi connectivity index (χ4n) is 1.29. The molecular weight excluding hydrogens is 192 g/mol. The molecule has 1 rings (SSSR count). The van der Waals surface area contributed by atoms with Crippen LogP contribution in [0.25, 0.3) is 0 Å². The third kappa shape index (κ3) is 4.74. The van der Waals surface area contributed by atoms with Gasteiger partial charge < -0.3 is 4.74 Å². The largest absolute Gasteiger partial charge is 0.374 e. The zero-order chi connectivity index (χ0) is 11.1. The Bertz CT molecular complexity index is 307. The minimum Gasteiger partial charge on any atom is -0.374 e. The van der Waals surface area contributed by atoms with E-state index in [-0.39, 0.29) is 12.4 Å². The quantitative estimate of drug-likeness (QED) is 0.638. The second kappa shape index (κ2) is 6.35. The number of nitrogens with zero attached hydrogens (tertiary/aromatic N) is 2. The zero-order valence-corrected chi connectivity index (χ0v) is 9.40. The molecular formula is C11H18N2O2. The Morgan fingerprint density at radius 3 is 3.00 bits per heavy atom. The summed E-state index contributed by atoms with van der Waals surface area (Å²) >= 11 is 0. The highest BCUT2D eigenvalue weighted by molar-refractivity contribution is 5.79. The number of carbonyl (C=O) groups is 1. The summed E-state index contributed by atoms with van der Waals surface area (Å²) in [6, 6.07) is 0. The van der Waals surface area contributed by atoms with Crippen LogP contribution in [-0.4, -0.2) is 28.8 Å². The second-order valence-electron chi connectivity index (χ2n) is 3.61. The van der Waals surface area contributed by atoms with Crippen LogP contribution in [0.1, 0.15) is 25.3 Å². The summed E-state index contributed by atoms with van der Waals surface area (Å²) in [4.78, 5) is 11.3. The first-order valence-electron chi connectivity index (χ1n) is 5.29. The summed E-state index contributed by atoms with van der Waals surface area (Å²) in [5.74, 6) is 0.160. The molecule has 4 nitrogen and oxygen atoms in total. The van der Waals surface area contributed by atoms with E-state index >= 15 is 0 Å². The van der Waals surface area contributed by atoms with Crippen LogP contribution in [-0.2, 0) is 23.0 Å². The number of Topliss-reactive ketones (excluding diaryl/α,β-unsaturated/α-hetero) is 1. The van der Waals surface area contributed by atoms with Crippen LogP contribution in [0.2, 0.25) is 0 Å². The van der Waals surface area contributed by atoms with Crippen LogP contribution in [0.3, 0.4) is 0 Å².